The molecule has 0 radical (unpaired) electrons. The van der Waals surface area contributed by atoms with Crippen LogP contribution in [0.1, 0.15) is 41.6 Å². The monoisotopic (exact) mass is 585 g/mol. The highest BCUT2D eigenvalue weighted by Crippen LogP contribution is 2.34. The molecule has 40 heavy (non-hydrogen) atoms. The third kappa shape index (κ3) is 9.07. The second-order valence-electron chi connectivity index (χ2n) is 9.32. The highest BCUT2D eigenvalue weighted by atomic mass is 32.2. The van der Waals surface area contributed by atoms with Crippen molar-refractivity contribution < 1.29 is 28.6 Å². The van der Waals surface area contributed by atoms with E-state index >= 15 is 0 Å². The standard InChI is InChI=1S/C29H35N3O6S2/c1-31(2)16-17-38-28(35)21-10-12-22(13-11-21)30-26(33)8-6-5-7-15-32-27(34)25(40-29(32)39)19-20-9-14-23(36-3)24(18-20)37-4/h9-14,18-19H,5-8,15-17H2,1-4H3,(H,30,33)/b25-19-. The molecule has 0 atom stereocenters. The summed E-state index contributed by atoms with van der Waals surface area (Å²) in [5.41, 5.74) is 1.87. The Labute approximate surface area is 244 Å². The third-order valence-corrected chi connectivity index (χ3v) is 7.42. The van der Waals surface area contributed by atoms with Gasteiger partial charge in [-0.25, -0.2) is 4.79 Å². The average molecular weight is 586 g/mol. The molecule has 2 aromatic carbocycles. The number of hydrogen-bond donors (Lipinski definition) is 1. The minimum absolute atomic E-state index is 0.107. The number of methoxy groups -OCH3 is 2. The topological polar surface area (TPSA) is 97.4 Å². The van der Waals surface area contributed by atoms with Gasteiger partial charge in [0.2, 0.25) is 5.91 Å². The minimum Gasteiger partial charge on any atom is -0.493 e. The van der Waals surface area contributed by atoms with E-state index in [0.29, 0.717) is 64.5 Å². The number of likely N-dealkylation sites (N-methyl/N-ethyl adjacent to an activating group) is 1. The number of benzene rings is 2. The van der Waals surface area contributed by atoms with Crippen molar-refractivity contribution in [3.63, 3.8) is 0 Å². The number of carbonyl (C=O) groups is 3. The molecule has 1 N–H and O–H groups in total. The van der Waals surface area contributed by atoms with E-state index in [1.165, 1.54) is 11.8 Å². The van der Waals surface area contributed by atoms with Crippen molar-refractivity contribution in [1.29, 1.82) is 0 Å². The van der Waals surface area contributed by atoms with Crippen molar-refractivity contribution in [1.82, 2.24) is 9.80 Å². The highest BCUT2D eigenvalue weighted by Gasteiger charge is 2.31. The van der Waals surface area contributed by atoms with Crippen LogP contribution in [0.25, 0.3) is 6.08 Å². The van der Waals surface area contributed by atoms with Gasteiger partial charge in [-0.15, -0.1) is 0 Å². The van der Waals surface area contributed by atoms with Crippen LogP contribution in [0, 0.1) is 0 Å². The average Bonchev–Trinajstić information content (AvgIpc) is 3.20. The zero-order valence-electron chi connectivity index (χ0n) is 23.2. The van der Waals surface area contributed by atoms with Gasteiger partial charge in [0, 0.05) is 25.2 Å². The molecule has 2 amide bonds. The summed E-state index contributed by atoms with van der Waals surface area (Å²) in [4.78, 5) is 41.4. The zero-order chi connectivity index (χ0) is 29.1. The lowest BCUT2D eigenvalue weighted by molar-refractivity contribution is -0.122. The first-order chi connectivity index (χ1) is 19.2. The van der Waals surface area contributed by atoms with Gasteiger partial charge in [0.1, 0.15) is 10.9 Å². The molecule has 9 nitrogen and oxygen atoms in total. The molecular formula is C29H35N3O6S2. The van der Waals surface area contributed by atoms with Crippen LogP contribution in [0.2, 0.25) is 0 Å². The lowest BCUT2D eigenvalue weighted by atomic mass is 10.1. The molecule has 0 saturated carbocycles. The molecule has 2 aromatic rings. The van der Waals surface area contributed by atoms with Crippen LogP contribution in [0.15, 0.2) is 47.4 Å². The van der Waals surface area contributed by atoms with Crippen LogP contribution in [0.4, 0.5) is 5.69 Å². The zero-order valence-corrected chi connectivity index (χ0v) is 24.9. The molecule has 0 unspecified atom stereocenters. The predicted octanol–water partition coefficient (Wildman–Crippen LogP) is 4.82. The van der Waals surface area contributed by atoms with Crippen LogP contribution in [-0.2, 0) is 14.3 Å². The molecule has 3 rings (SSSR count). The Kier molecular flexibility index (Phi) is 12.0. The SMILES string of the molecule is COc1ccc(/C=C2\SC(=S)N(CCCCCC(=O)Nc3ccc(C(=O)OCCN(C)C)cc3)C2=O)cc1OC. The number of hydrogen-bond acceptors (Lipinski definition) is 9. The molecule has 1 saturated heterocycles. The molecule has 11 heteroatoms. The van der Waals surface area contributed by atoms with E-state index < -0.39 is 5.97 Å². The maximum Gasteiger partial charge on any atom is 0.338 e. The van der Waals surface area contributed by atoms with Crippen molar-refractivity contribution in [3.05, 3.63) is 58.5 Å². The summed E-state index contributed by atoms with van der Waals surface area (Å²) in [6, 6.07) is 12.1. The normalized spacial score (nSPS) is 14.1. The Morgan fingerprint density at radius 2 is 1.75 bits per heavy atom. The molecular weight excluding hydrogens is 550 g/mol. The van der Waals surface area contributed by atoms with Gasteiger partial charge in [-0.05, 0) is 75.0 Å². The number of esters is 1. The van der Waals surface area contributed by atoms with Gasteiger partial charge in [-0.1, -0.05) is 36.5 Å². The number of nitrogens with one attached hydrogen (secondary N) is 1. The van der Waals surface area contributed by atoms with Gasteiger partial charge in [-0.3, -0.25) is 14.5 Å². The van der Waals surface area contributed by atoms with E-state index in [2.05, 4.69) is 5.32 Å². The van der Waals surface area contributed by atoms with Crippen LogP contribution in [-0.4, -0.2) is 79.9 Å². The summed E-state index contributed by atoms with van der Waals surface area (Å²) in [6.07, 6.45) is 4.33. The van der Waals surface area contributed by atoms with Crippen molar-refractivity contribution in [3.8, 4) is 11.5 Å². The Morgan fingerprint density at radius 3 is 2.42 bits per heavy atom. The van der Waals surface area contributed by atoms with Crippen LogP contribution in [0.5, 0.6) is 11.5 Å². The molecule has 214 valence electrons. The Hall–Kier alpha value is -3.41. The van der Waals surface area contributed by atoms with Crippen molar-refractivity contribution in [2.24, 2.45) is 0 Å². The molecule has 0 aliphatic carbocycles. The first-order valence-corrected chi connectivity index (χ1v) is 14.1. The van der Waals surface area contributed by atoms with E-state index in [-0.39, 0.29) is 11.8 Å². The van der Waals surface area contributed by atoms with Crippen LogP contribution in [0.3, 0.4) is 0 Å². The van der Waals surface area contributed by atoms with E-state index in [1.807, 2.05) is 31.1 Å². The fourth-order valence-corrected chi connectivity index (χ4v) is 5.14. The second-order valence-corrected chi connectivity index (χ2v) is 11.0. The first-order valence-electron chi connectivity index (χ1n) is 12.9. The maximum absolute atomic E-state index is 12.9. The second kappa shape index (κ2) is 15.4. The fraction of sp³-hybridized carbons (Fsp3) is 0.379. The number of carbonyl (C=O) groups excluding carboxylic acids is 3. The van der Waals surface area contributed by atoms with E-state index in [4.69, 9.17) is 26.4 Å². The number of unbranched alkanes of at least 4 members (excludes halogenated alkanes) is 2. The number of nitrogens with zero attached hydrogens (tertiary/aromatic N) is 2. The van der Waals surface area contributed by atoms with Gasteiger partial charge < -0.3 is 24.4 Å². The molecule has 0 aromatic heterocycles. The van der Waals surface area contributed by atoms with Gasteiger partial charge >= 0.3 is 5.97 Å². The van der Waals surface area contributed by atoms with Crippen molar-refractivity contribution in [2.45, 2.75) is 25.7 Å². The Morgan fingerprint density at radius 1 is 1.02 bits per heavy atom. The molecule has 1 fully saturated rings. The number of ether oxygens (including phenoxy) is 3. The quantitative estimate of drug-likeness (QED) is 0.145. The number of thiocarbonyl (C=S) groups is 1. The summed E-state index contributed by atoms with van der Waals surface area (Å²) in [5, 5.41) is 2.85. The summed E-state index contributed by atoms with van der Waals surface area (Å²) in [5.74, 6) is 0.589. The largest absolute Gasteiger partial charge is 0.493 e. The smallest absolute Gasteiger partial charge is 0.338 e. The molecule has 1 aliphatic heterocycles. The highest BCUT2D eigenvalue weighted by molar-refractivity contribution is 8.26. The van der Waals surface area contributed by atoms with E-state index in [0.717, 1.165) is 18.4 Å². The fourth-order valence-electron chi connectivity index (χ4n) is 3.84. The van der Waals surface area contributed by atoms with Crippen LogP contribution < -0.4 is 14.8 Å². The maximum atomic E-state index is 12.9. The molecule has 0 bridgehead atoms. The number of anilines is 1. The van der Waals surface area contributed by atoms with Gasteiger partial charge in [0.15, 0.2) is 11.5 Å². The summed E-state index contributed by atoms with van der Waals surface area (Å²) >= 11 is 6.71. The summed E-state index contributed by atoms with van der Waals surface area (Å²) in [6.45, 7) is 1.47. The number of thioether (sulfide) groups is 1. The van der Waals surface area contributed by atoms with Gasteiger partial charge in [0.05, 0.1) is 24.7 Å². The van der Waals surface area contributed by atoms with Crippen LogP contribution >= 0.6 is 24.0 Å². The summed E-state index contributed by atoms with van der Waals surface area (Å²) < 4.78 is 16.4. The van der Waals surface area contributed by atoms with Gasteiger partial charge in [0.25, 0.3) is 5.91 Å². The summed E-state index contributed by atoms with van der Waals surface area (Å²) in [7, 11) is 6.95. The minimum atomic E-state index is -0.391. The van der Waals surface area contributed by atoms with Crippen molar-refractivity contribution in [2.75, 3.05) is 53.3 Å². The van der Waals surface area contributed by atoms with E-state index in [1.54, 1.807) is 55.5 Å². The number of rotatable bonds is 14. The van der Waals surface area contributed by atoms with Gasteiger partial charge in [-0.2, -0.15) is 0 Å². The third-order valence-electron chi connectivity index (χ3n) is 6.04. The predicted molar refractivity (Wildman–Crippen MR) is 162 cm³/mol. The van der Waals surface area contributed by atoms with E-state index in [9.17, 15) is 14.4 Å². The lowest BCUT2D eigenvalue weighted by Crippen LogP contribution is -2.29. The molecule has 0 spiro atoms. The van der Waals surface area contributed by atoms with Crippen molar-refractivity contribution >= 4 is 57.8 Å². The number of amides is 2. The molecule has 1 aliphatic rings. The Balaban J connectivity index is 1.39. The first kappa shape index (κ1) is 31.1. The molecule has 1 heterocycles. The Bertz CT molecular complexity index is 1250. The lowest BCUT2D eigenvalue weighted by Gasteiger charge is -2.14.